The monoisotopic (exact) mass is 438 g/mol. The van der Waals surface area contributed by atoms with Gasteiger partial charge in [0.1, 0.15) is 11.5 Å². The van der Waals surface area contributed by atoms with Crippen molar-refractivity contribution in [2.45, 2.75) is 0 Å². The molecule has 150 valence electrons. The number of nitrogens with one attached hydrogen (secondary N) is 1. The molecular weight excluding hydrogens is 424 g/mol. The predicted octanol–water partition coefficient (Wildman–Crippen LogP) is 4.58. The summed E-state index contributed by atoms with van der Waals surface area (Å²) in [6.07, 6.45) is 0. The molecular formula is C20H15ClN6O2S. The van der Waals surface area contributed by atoms with Gasteiger partial charge in [-0.1, -0.05) is 22.9 Å². The third-order valence-electron chi connectivity index (χ3n) is 4.59. The Hall–Kier alpha value is -3.43. The third-order valence-corrected chi connectivity index (χ3v) is 5.75. The summed E-state index contributed by atoms with van der Waals surface area (Å²) in [7, 11) is 3.24. The molecule has 0 atom stereocenters. The van der Waals surface area contributed by atoms with E-state index in [1.807, 2.05) is 30.3 Å². The number of benzene rings is 2. The highest BCUT2D eigenvalue weighted by Gasteiger charge is 2.19. The zero-order chi connectivity index (χ0) is 20.7. The van der Waals surface area contributed by atoms with Gasteiger partial charge in [-0.25, -0.2) is 0 Å². The number of methoxy groups -OCH3 is 2. The first-order valence-corrected chi connectivity index (χ1v) is 10.1. The van der Waals surface area contributed by atoms with Gasteiger partial charge in [0.25, 0.3) is 0 Å². The summed E-state index contributed by atoms with van der Waals surface area (Å²) < 4.78 is 12.3. The molecule has 0 aliphatic heterocycles. The van der Waals surface area contributed by atoms with Crippen LogP contribution in [0.4, 0.5) is 0 Å². The highest BCUT2D eigenvalue weighted by Crippen LogP contribution is 2.34. The van der Waals surface area contributed by atoms with Crippen LogP contribution in [0, 0.1) is 0 Å². The largest absolute Gasteiger partial charge is 0.497 e. The molecule has 0 aliphatic carbocycles. The van der Waals surface area contributed by atoms with E-state index in [4.69, 9.17) is 21.1 Å². The highest BCUT2D eigenvalue weighted by molar-refractivity contribution is 7.19. The molecule has 0 unspecified atom stereocenters. The molecule has 2 aromatic carbocycles. The summed E-state index contributed by atoms with van der Waals surface area (Å²) in [6, 6.07) is 15.0. The van der Waals surface area contributed by atoms with Crippen LogP contribution < -0.4 is 9.47 Å². The third kappa shape index (κ3) is 3.17. The van der Waals surface area contributed by atoms with E-state index >= 15 is 0 Å². The number of nitrogens with zero attached hydrogens (tertiary/aromatic N) is 5. The zero-order valence-corrected chi connectivity index (χ0v) is 17.5. The van der Waals surface area contributed by atoms with Crippen molar-refractivity contribution in [2.75, 3.05) is 14.2 Å². The van der Waals surface area contributed by atoms with Gasteiger partial charge in [0, 0.05) is 10.6 Å². The minimum absolute atomic E-state index is 0.557. The molecule has 10 heteroatoms. The SMILES string of the molecule is COc1ccc(-c2cc(-c3nn4c(-c5cc(Cl)ccc5OC)nnc4s3)[nH]n2)cc1. The van der Waals surface area contributed by atoms with Gasteiger partial charge in [-0.15, -0.1) is 10.2 Å². The summed E-state index contributed by atoms with van der Waals surface area (Å²) >= 11 is 7.58. The summed E-state index contributed by atoms with van der Waals surface area (Å²) in [5.41, 5.74) is 3.30. The standard InChI is InChI=1S/C20H15ClN6O2S/c1-28-13-6-3-11(4-7-13)15-10-16(23-22-15)19-26-27-18(24-25-20(27)30-19)14-9-12(21)5-8-17(14)29-2/h3-10H,1-2H3,(H,22,23). The summed E-state index contributed by atoms with van der Waals surface area (Å²) in [5, 5.41) is 22.0. The number of rotatable bonds is 5. The second-order valence-electron chi connectivity index (χ2n) is 6.37. The number of hydrogen-bond donors (Lipinski definition) is 1. The second-order valence-corrected chi connectivity index (χ2v) is 7.76. The Balaban J connectivity index is 1.53. The van der Waals surface area contributed by atoms with Gasteiger partial charge < -0.3 is 9.47 Å². The topological polar surface area (TPSA) is 90.2 Å². The van der Waals surface area contributed by atoms with Crippen molar-refractivity contribution in [3.05, 3.63) is 53.6 Å². The van der Waals surface area contributed by atoms with Crippen LogP contribution in [-0.2, 0) is 0 Å². The second kappa shape index (κ2) is 7.43. The van der Waals surface area contributed by atoms with Crippen molar-refractivity contribution in [1.82, 2.24) is 30.0 Å². The van der Waals surface area contributed by atoms with Crippen LogP contribution in [0.25, 0.3) is 38.3 Å². The molecule has 0 spiro atoms. The van der Waals surface area contributed by atoms with Gasteiger partial charge in [0.2, 0.25) is 4.96 Å². The van der Waals surface area contributed by atoms with Gasteiger partial charge >= 0.3 is 0 Å². The summed E-state index contributed by atoms with van der Waals surface area (Å²) in [5.74, 6) is 2.00. The van der Waals surface area contributed by atoms with Crippen LogP contribution >= 0.6 is 22.9 Å². The maximum atomic E-state index is 6.17. The Morgan fingerprint density at radius 2 is 1.83 bits per heavy atom. The molecule has 8 nitrogen and oxygen atoms in total. The van der Waals surface area contributed by atoms with Crippen LogP contribution in [-0.4, -0.2) is 44.2 Å². The molecule has 0 amide bonds. The quantitative estimate of drug-likeness (QED) is 0.432. The Morgan fingerprint density at radius 1 is 1.00 bits per heavy atom. The fourth-order valence-electron chi connectivity index (χ4n) is 3.09. The smallest absolute Gasteiger partial charge is 0.235 e. The van der Waals surface area contributed by atoms with Crippen molar-refractivity contribution in [1.29, 1.82) is 0 Å². The minimum atomic E-state index is 0.557. The molecule has 3 heterocycles. The lowest BCUT2D eigenvalue weighted by Gasteiger charge is -2.06. The van der Waals surface area contributed by atoms with E-state index in [2.05, 4.69) is 25.5 Å². The Kier molecular flexibility index (Phi) is 4.61. The van der Waals surface area contributed by atoms with Gasteiger partial charge in [-0.2, -0.15) is 14.7 Å². The number of halogens is 1. The number of H-pyrrole nitrogens is 1. The van der Waals surface area contributed by atoms with Crippen molar-refractivity contribution in [3.8, 4) is 44.8 Å². The van der Waals surface area contributed by atoms with E-state index in [1.54, 1.807) is 36.9 Å². The van der Waals surface area contributed by atoms with Crippen molar-refractivity contribution < 1.29 is 9.47 Å². The number of fused-ring (bicyclic) bond motifs is 1. The Bertz CT molecular complexity index is 1340. The first-order chi connectivity index (χ1) is 14.7. The number of aromatic amines is 1. The van der Waals surface area contributed by atoms with Crippen molar-refractivity contribution >= 4 is 27.9 Å². The summed E-state index contributed by atoms with van der Waals surface area (Å²) in [6.45, 7) is 0. The molecule has 1 N–H and O–H groups in total. The maximum Gasteiger partial charge on any atom is 0.235 e. The zero-order valence-electron chi connectivity index (χ0n) is 16.0. The van der Waals surface area contributed by atoms with E-state index in [0.29, 0.717) is 21.6 Å². The fraction of sp³-hybridized carbons (Fsp3) is 0.100. The molecule has 5 aromatic rings. The molecule has 0 aliphatic rings. The van der Waals surface area contributed by atoms with Crippen molar-refractivity contribution in [3.63, 3.8) is 0 Å². The van der Waals surface area contributed by atoms with Crippen LogP contribution in [0.3, 0.4) is 0 Å². The average Bonchev–Trinajstić information content (AvgIpc) is 3.49. The van der Waals surface area contributed by atoms with Gasteiger partial charge in [0.05, 0.1) is 31.2 Å². The normalized spacial score (nSPS) is 11.2. The Labute approximate surface area is 180 Å². The molecule has 0 radical (unpaired) electrons. The Morgan fingerprint density at radius 3 is 2.60 bits per heavy atom. The number of aromatic nitrogens is 6. The lowest BCUT2D eigenvalue weighted by atomic mass is 10.1. The molecule has 0 saturated heterocycles. The lowest BCUT2D eigenvalue weighted by molar-refractivity contribution is 0.415. The average molecular weight is 439 g/mol. The molecule has 3 aromatic heterocycles. The van der Waals surface area contributed by atoms with E-state index < -0.39 is 0 Å². The van der Waals surface area contributed by atoms with Crippen LogP contribution in [0.2, 0.25) is 5.02 Å². The molecule has 0 saturated carbocycles. The van der Waals surface area contributed by atoms with E-state index in [0.717, 1.165) is 33.3 Å². The maximum absolute atomic E-state index is 6.17. The van der Waals surface area contributed by atoms with Gasteiger partial charge in [0.15, 0.2) is 10.8 Å². The number of hydrogen-bond acceptors (Lipinski definition) is 7. The summed E-state index contributed by atoms with van der Waals surface area (Å²) in [4.78, 5) is 0.655. The van der Waals surface area contributed by atoms with Gasteiger partial charge in [-0.3, -0.25) is 5.10 Å². The molecule has 30 heavy (non-hydrogen) atoms. The van der Waals surface area contributed by atoms with Crippen molar-refractivity contribution in [2.24, 2.45) is 0 Å². The predicted molar refractivity (Wildman–Crippen MR) is 115 cm³/mol. The van der Waals surface area contributed by atoms with E-state index in [9.17, 15) is 0 Å². The van der Waals surface area contributed by atoms with E-state index in [-0.39, 0.29) is 0 Å². The van der Waals surface area contributed by atoms with Crippen LogP contribution in [0.5, 0.6) is 11.5 Å². The molecule has 0 fully saturated rings. The lowest BCUT2D eigenvalue weighted by Crippen LogP contribution is -1.94. The first kappa shape index (κ1) is 18.6. The fourth-order valence-corrected chi connectivity index (χ4v) is 4.07. The number of ether oxygens (including phenoxy) is 2. The van der Waals surface area contributed by atoms with Crippen LogP contribution in [0.15, 0.2) is 48.5 Å². The minimum Gasteiger partial charge on any atom is -0.497 e. The first-order valence-electron chi connectivity index (χ1n) is 8.92. The highest BCUT2D eigenvalue weighted by atomic mass is 35.5. The van der Waals surface area contributed by atoms with Crippen LogP contribution in [0.1, 0.15) is 0 Å². The van der Waals surface area contributed by atoms with Gasteiger partial charge in [-0.05, 0) is 48.5 Å². The molecule has 0 bridgehead atoms. The molecule has 5 rings (SSSR count). The van der Waals surface area contributed by atoms with E-state index in [1.165, 1.54) is 11.3 Å².